The van der Waals surface area contributed by atoms with Gasteiger partial charge in [-0.15, -0.1) is 0 Å². The van der Waals surface area contributed by atoms with Crippen molar-refractivity contribution in [3.8, 4) is 0 Å². The number of aromatic nitrogens is 2. The number of halogens is 1. The molecule has 0 radical (unpaired) electrons. The van der Waals surface area contributed by atoms with Crippen LogP contribution in [0.1, 0.15) is 37.7 Å². The maximum Gasteiger partial charge on any atom is 0.248 e. The molecule has 1 aliphatic heterocycles. The second-order valence-corrected chi connectivity index (χ2v) is 7.20. The molecular weight excluding hydrogens is 347 g/mol. The minimum atomic E-state index is -0.689. The highest BCUT2D eigenvalue weighted by molar-refractivity contribution is 6.08. The lowest BCUT2D eigenvalue weighted by molar-refractivity contribution is -0.123. The first-order chi connectivity index (χ1) is 13.1. The Morgan fingerprint density at radius 3 is 2.85 bits per heavy atom. The third-order valence-electron chi connectivity index (χ3n) is 5.38. The van der Waals surface area contributed by atoms with Gasteiger partial charge in [0.1, 0.15) is 11.9 Å². The molecule has 6 nitrogen and oxygen atoms in total. The number of fused-ring (bicyclic) bond motifs is 1. The lowest BCUT2D eigenvalue weighted by atomic mass is 9.96. The summed E-state index contributed by atoms with van der Waals surface area (Å²) >= 11 is 0. The van der Waals surface area contributed by atoms with E-state index in [4.69, 9.17) is 0 Å². The topological polar surface area (TPSA) is 75.2 Å². The van der Waals surface area contributed by atoms with Gasteiger partial charge in [0.25, 0.3) is 0 Å². The van der Waals surface area contributed by atoms with Crippen molar-refractivity contribution in [1.82, 2.24) is 9.97 Å². The lowest BCUT2D eigenvalue weighted by Gasteiger charge is -2.29. The van der Waals surface area contributed by atoms with Gasteiger partial charge in [-0.05, 0) is 30.0 Å². The lowest BCUT2D eigenvalue weighted by Crippen LogP contribution is -2.47. The van der Waals surface area contributed by atoms with Crippen LogP contribution in [0.5, 0.6) is 0 Å². The van der Waals surface area contributed by atoms with Crippen molar-refractivity contribution in [2.45, 2.75) is 44.6 Å². The number of hydrogen-bond donors (Lipinski definition) is 1. The number of nitrogens with one attached hydrogen (secondary N) is 1. The number of nitrogens with zero attached hydrogens (tertiary/aromatic N) is 3. The summed E-state index contributed by atoms with van der Waals surface area (Å²) < 4.78 is 13.8. The van der Waals surface area contributed by atoms with Gasteiger partial charge in [-0.2, -0.15) is 0 Å². The first-order valence-corrected chi connectivity index (χ1v) is 9.29. The molecule has 0 saturated heterocycles. The number of anilines is 2. The Balaban J connectivity index is 1.64. The maximum atomic E-state index is 13.8. The van der Waals surface area contributed by atoms with E-state index >= 15 is 0 Å². The van der Waals surface area contributed by atoms with Crippen LogP contribution in [0, 0.1) is 11.7 Å². The molecular formula is C20H21FN4O2. The molecule has 140 valence electrons. The predicted molar refractivity (Wildman–Crippen MR) is 98.6 cm³/mol. The van der Waals surface area contributed by atoms with Gasteiger partial charge >= 0.3 is 0 Å². The fraction of sp³-hybridized carbons (Fsp3) is 0.400. The average molecular weight is 368 g/mol. The Morgan fingerprint density at radius 2 is 2.11 bits per heavy atom. The zero-order valence-corrected chi connectivity index (χ0v) is 14.9. The molecule has 1 saturated carbocycles. The summed E-state index contributed by atoms with van der Waals surface area (Å²) in [5.74, 6) is -0.179. The van der Waals surface area contributed by atoms with Crippen LogP contribution < -0.4 is 10.2 Å². The molecule has 2 amide bonds. The van der Waals surface area contributed by atoms with Crippen molar-refractivity contribution in [3.63, 3.8) is 0 Å². The van der Waals surface area contributed by atoms with E-state index in [1.54, 1.807) is 6.07 Å². The Kier molecular flexibility index (Phi) is 4.83. The van der Waals surface area contributed by atoms with Gasteiger partial charge in [-0.25, -0.2) is 9.37 Å². The summed E-state index contributed by atoms with van der Waals surface area (Å²) in [4.78, 5) is 35.3. The van der Waals surface area contributed by atoms with Gasteiger partial charge in [0, 0.05) is 12.4 Å². The second-order valence-electron chi connectivity index (χ2n) is 7.20. The number of hydrogen-bond acceptors (Lipinski definition) is 4. The Morgan fingerprint density at radius 1 is 1.30 bits per heavy atom. The molecule has 1 N–H and O–H groups in total. The molecule has 1 unspecified atom stereocenters. The number of carbonyl (C=O) groups is 2. The van der Waals surface area contributed by atoms with E-state index in [2.05, 4.69) is 15.3 Å². The summed E-state index contributed by atoms with van der Waals surface area (Å²) in [5, 5.41) is 2.76. The number of amides is 2. The number of benzene rings is 1. The van der Waals surface area contributed by atoms with Crippen LogP contribution in [-0.4, -0.2) is 27.8 Å². The zero-order chi connectivity index (χ0) is 18.8. The minimum absolute atomic E-state index is 0.173. The Bertz CT molecular complexity index is 852. The van der Waals surface area contributed by atoms with Crippen LogP contribution >= 0.6 is 0 Å². The zero-order valence-electron chi connectivity index (χ0n) is 14.9. The minimum Gasteiger partial charge on any atom is -0.308 e. The van der Waals surface area contributed by atoms with Gasteiger partial charge in [-0.1, -0.05) is 31.7 Å². The van der Waals surface area contributed by atoms with Crippen LogP contribution in [0.25, 0.3) is 0 Å². The van der Waals surface area contributed by atoms with E-state index < -0.39 is 11.9 Å². The van der Waals surface area contributed by atoms with Gasteiger partial charge in [0.15, 0.2) is 5.82 Å². The van der Waals surface area contributed by atoms with Crippen LogP contribution in [0.15, 0.2) is 36.8 Å². The van der Waals surface area contributed by atoms with Gasteiger partial charge in [0.05, 0.1) is 18.3 Å². The van der Waals surface area contributed by atoms with E-state index in [9.17, 15) is 14.0 Å². The molecule has 4 rings (SSSR count). The number of carbonyl (C=O) groups excluding carboxylic acids is 2. The van der Waals surface area contributed by atoms with Crippen molar-refractivity contribution < 1.29 is 14.0 Å². The molecule has 1 aromatic heterocycles. The molecule has 2 aromatic rings. The average Bonchev–Trinajstić information content (AvgIpc) is 3.27. The van der Waals surface area contributed by atoms with Crippen molar-refractivity contribution in [2.24, 2.45) is 5.92 Å². The fourth-order valence-electron chi connectivity index (χ4n) is 4.10. The van der Waals surface area contributed by atoms with Crippen LogP contribution in [0.3, 0.4) is 0 Å². The summed E-state index contributed by atoms with van der Waals surface area (Å²) in [5.41, 5.74) is 1.25. The van der Waals surface area contributed by atoms with Crippen LogP contribution in [0.4, 0.5) is 15.9 Å². The summed E-state index contributed by atoms with van der Waals surface area (Å²) in [6.45, 7) is 0. The van der Waals surface area contributed by atoms with E-state index in [0.717, 1.165) is 31.2 Å². The Hall–Kier alpha value is -2.83. The molecule has 1 aromatic carbocycles. The molecule has 7 heteroatoms. The monoisotopic (exact) mass is 368 g/mol. The van der Waals surface area contributed by atoms with Gasteiger partial charge < -0.3 is 5.32 Å². The molecule has 1 aliphatic carbocycles. The molecule has 1 fully saturated rings. The molecule has 2 heterocycles. The smallest absolute Gasteiger partial charge is 0.248 e. The van der Waals surface area contributed by atoms with Crippen molar-refractivity contribution in [1.29, 1.82) is 0 Å². The van der Waals surface area contributed by atoms with Crippen molar-refractivity contribution in [2.75, 3.05) is 10.2 Å². The third-order valence-corrected chi connectivity index (χ3v) is 5.38. The molecule has 0 bridgehead atoms. The fourth-order valence-corrected chi connectivity index (χ4v) is 4.10. The van der Waals surface area contributed by atoms with Crippen LogP contribution in [-0.2, 0) is 16.0 Å². The van der Waals surface area contributed by atoms with E-state index in [1.807, 2.05) is 0 Å². The van der Waals surface area contributed by atoms with E-state index in [-0.39, 0.29) is 18.2 Å². The maximum absolute atomic E-state index is 13.8. The highest BCUT2D eigenvalue weighted by Gasteiger charge is 2.38. The van der Waals surface area contributed by atoms with E-state index in [0.29, 0.717) is 23.8 Å². The second kappa shape index (κ2) is 7.42. The molecule has 2 aliphatic rings. The summed E-state index contributed by atoms with van der Waals surface area (Å²) in [6, 6.07) is 3.62. The quantitative estimate of drug-likeness (QED) is 0.880. The first-order valence-electron chi connectivity index (χ1n) is 9.29. The van der Waals surface area contributed by atoms with Gasteiger partial charge in [0.2, 0.25) is 11.8 Å². The highest BCUT2D eigenvalue weighted by Crippen LogP contribution is 2.36. The summed E-state index contributed by atoms with van der Waals surface area (Å²) in [6.07, 6.45) is 9.61. The SMILES string of the molecule is O=C(Nc1cnccn1)C(CC1CCCC1)N1C(=O)Cc2ccc(F)cc21. The summed E-state index contributed by atoms with van der Waals surface area (Å²) in [7, 11) is 0. The highest BCUT2D eigenvalue weighted by atomic mass is 19.1. The van der Waals surface area contributed by atoms with Crippen molar-refractivity contribution >= 4 is 23.3 Å². The largest absolute Gasteiger partial charge is 0.308 e. The molecule has 27 heavy (non-hydrogen) atoms. The predicted octanol–water partition coefficient (Wildman–Crippen LogP) is 3.09. The third kappa shape index (κ3) is 3.67. The van der Waals surface area contributed by atoms with Crippen molar-refractivity contribution in [3.05, 3.63) is 48.2 Å². The van der Waals surface area contributed by atoms with E-state index in [1.165, 1.54) is 35.6 Å². The number of rotatable bonds is 5. The molecule has 1 atom stereocenters. The first kappa shape index (κ1) is 17.6. The standard InChI is InChI=1S/C20H21FN4O2/c21-15-6-5-14-10-19(26)25(16(14)11-15)17(9-13-3-1-2-4-13)20(27)24-18-12-22-7-8-23-18/h5-8,11-13,17H,1-4,9-10H2,(H,23,24,27). The Labute approximate surface area is 156 Å². The normalized spacial score (nSPS) is 17.8. The van der Waals surface area contributed by atoms with Gasteiger partial charge in [-0.3, -0.25) is 19.5 Å². The van der Waals surface area contributed by atoms with Crippen LogP contribution in [0.2, 0.25) is 0 Å². The molecule has 0 spiro atoms.